The Hall–Kier alpha value is -1.09. The quantitative estimate of drug-likeness (QED) is 0.796. The van der Waals surface area contributed by atoms with Gasteiger partial charge < -0.3 is 4.57 Å². The van der Waals surface area contributed by atoms with Crippen LogP contribution in [-0.4, -0.2) is 14.5 Å². The summed E-state index contributed by atoms with van der Waals surface area (Å²) in [5, 5.41) is 0.673. The van der Waals surface area contributed by atoms with Gasteiger partial charge in [-0.1, -0.05) is 25.4 Å². The molecule has 0 radical (unpaired) electrons. The molecular weight excluding hydrogens is 222 g/mol. The maximum atomic E-state index is 6.14. The largest absolute Gasteiger partial charge is 0.310 e. The van der Waals surface area contributed by atoms with Crippen molar-refractivity contribution >= 4 is 22.8 Å². The summed E-state index contributed by atoms with van der Waals surface area (Å²) in [5.41, 5.74) is 1.69. The zero-order valence-electron chi connectivity index (χ0n) is 10.0. The van der Waals surface area contributed by atoms with Crippen LogP contribution in [0.4, 0.5) is 0 Å². The van der Waals surface area contributed by atoms with Crippen molar-refractivity contribution < 1.29 is 0 Å². The highest BCUT2D eigenvalue weighted by Gasteiger charge is 2.17. The molecule has 0 fully saturated rings. The molecule has 16 heavy (non-hydrogen) atoms. The molecule has 4 heteroatoms. The van der Waals surface area contributed by atoms with Crippen molar-refractivity contribution in [2.45, 2.75) is 39.7 Å². The monoisotopic (exact) mass is 237 g/mol. The lowest BCUT2D eigenvalue weighted by Gasteiger charge is -2.14. The van der Waals surface area contributed by atoms with E-state index in [9.17, 15) is 0 Å². The van der Waals surface area contributed by atoms with Crippen LogP contribution in [0.1, 0.15) is 45.5 Å². The van der Waals surface area contributed by atoms with Gasteiger partial charge in [-0.3, -0.25) is 0 Å². The predicted molar refractivity (Wildman–Crippen MR) is 67.0 cm³/mol. The number of imidazole rings is 1. The number of pyridine rings is 1. The van der Waals surface area contributed by atoms with Crippen molar-refractivity contribution in [1.82, 2.24) is 14.5 Å². The highest BCUT2D eigenvalue weighted by molar-refractivity contribution is 6.34. The molecule has 2 aromatic rings. The molecule has 0 amide bonds. The Morgan fingerprint density at radius 1 is 1.25 bits per heavy atom. The second-order valence-corrected chi connectivity index (χ2v) is 4.96. The topological polar surface area (TPSA) is 30.7 Å². The van der Waals surface area contributed by atoms with E-state index in [1.807, 2.05) is 0 Å². The van der Waals surface area contributed by atoms with Crippen LogP contribution in [0.2, 0.25) is 5.02 Å². The molecule has 0 aromatic carbocycles. The van der Waals surface area contributed by atoms with Crippen LogP contribution in [0.5, 0.6) is 0 Å². The molecule has 0 aliphatic heterocycles. The molecule has 2 rings (SSSR count). The van der Waals surface area contributed by atoms with Crippen molar-refractivity contribution in [3.05, 3.63) is 23.1 Å². The van der Waals surface area contributed by atoms with Gasteiger partial charge in [0.15, 0.2) is 5.65 Å². The molecule has 0 bridgehead atoms. The van der Waals surface area contributed by atoms with Gasteiger partial charge in [-0.2, -0.15) is 0 Å². The van der Waals surface area contributed by atoms with Crippen molar-refractivity contribution in [3.63, 3.8) is 0 Å². The van der Waals surface area contributed by atoms with Crippen LogP contribution in [0.25, 0.3) is 11.2 Å². The van der Waals surface area contributed by atoms with E-state index in [1.54, 1.807) is 12.3 Å². The third kappa shape index (κ3) is 1.69. The zero-order chi connectivity index (χ0) is 11.9. The summed E-state index contributed by atoms with van der Waals surface area (Å²) in [6.07, 6.45) is 1.73. The van der Waals surface area contributed by atoms with E-state index >= 15 is 0 Å². The summed E-state index contributed by atoms with van der Waals surface area (Å²) in [7, 11) is 0. The first-order valence-electron chi connectivity index (χ1n) is 5.54. The van der Waals surface area contributed by atoms with Crippen LogP contribution < -0.4 is 0 Å². The molecule has 2 aromatic heterocycles. The van der Waals surface area contributed by atoms with Gasteiger partial charge in [-0.05, 0) is 19.9 Å². The number of hydrogen-bond donors (Lipinski definition) is 0. The maximum absolute atomic E-state index is 6.14. The average Bonchev–Trinajstić information content (AvgIpc) is 2.58. The van der Waals surface area contributed by atoms with Crippen molar-refractivity contribution in [2.75, 3.05) is 0 Å². The lowest BCUT2D eigenvalue weighted by Crippen LogP contribution is -2.08. The SMILES string of the molecule is CC(C)c1nc2c(Cl)ccnc2n1C(C)C. The van der Waals surface area contributed by atoms with Crippen molar-refractivity contribution in [2.24, 2.45) is 0 Å². The highest BCUT2D eigenvalue weighted by Crippen LogP contribution is 2.28. The van der Waals surface area contributed by atoms with Crippen LogP contribution in [0.15, 0.2) is 12.3 Å². The first-order valence-corrected chi connectivity index (χ1v) is 5.92. The lowest BCUT2D eigenvalue weighted by molar-refractivity contribution is 0.561. The summed E-state index contributed by atoms with van der Waals surface area (Å²) in [6, 6.07) is 2.12. The number of hydrogen-bond acceptors (Lipinski definition) is 2. The molecule has 0 saturated heterocycles. The average molecular weight is 238 g/mol. The van der Waals surface area contributed by atoms with Crippen LogP contribution >= 0.6 is 11.6 Å². The fourth-order valence-corrected chi connectivity index (χ4v) is 2.08. The minimum Gasteiger partial charge on any atom is -0.310 e. The van der Waals surface area contributed by atoms with E-state index in [4.69, 9.17) is 11.6 Å². The molecule has 0 unspecified atom stereocenters. The summed E-state index contributed by atoms with van der Waals surface area (Å²) >= 11 is 6.14. The van der Waals surface area contributed by atoms with Gasteiger partial charge in [0.2, 0.25) is 0 Å². The molecular formula is C12H16ClN3. The van der Waals surface area contributed by atoms with Crippen molar-refractivity contribution in [1.29, 1.82) is 0 Å². The second-order valence-electron chi connectivity index (χ2n) is 4.55. The predicted octanol–water partition coefficient (Wildman–Crippen LogP) is 3.79. The van der Waals surface area contributed by atoms with Gasteiger partial charge in [-0.15, -0.1) is 0 Å². The molecule has 0 N–H and O–H groups in total. The van der Waals surface area contributed by atoms with Gasteiger partial charge >= 0.3 is 0 Å². The number of fused-ring (bicyclic) bond motifs is 1. The highest BCUT2D eigenvalue weighted by atomic mass is 35.5. The molecule has 2 heterocycles. The van der Waals surface area contributed by atoms with E-state index in [0.29, 0.717) is 17.0 Å². The Labute approximate surface area is 100 Å². The Bertz CT molecular complexity index is 514. The maximum Gasteiger partial charge on any atom is 0.161 e. The number of halogens is 1. The summed E-state index contributed by atoms with van der Waals surface area (Å²) in [5.74, 6) is 1.42. The van der Waals surface area contributed by atoms with Crippen LogP contribution in [-0.2, 0) is 0 Å². The fraction of sp³-hybridized carbons (Fsp3) is 0.500. The van der Waals surface area contributed by atoms with E-state index in [-0.39, 0.29) is 0 Å². The standard InChI is InChI=1S/C12H16ClN3/c1-7(2)11-15-10-9(13)5-6-14-12(10)16(11)8(3)4/h5-8H,1-4H3. The first-order chi connectivity index (χ1) is 7.52. The van der Waals surface area contributed by atoms with Crippen LogP contribution in [0, 0.1) is 0 Å². The fourth-order valence-electron chi connectivity index (χ4n) is 1.89. The zero-order valence-corrected chi connectivity index (χ0v) is 10.8. The molecule has 0 aliphatic carbocycles. The van der Waals surface area contributed by atoms with Gasteiger partial charge in [0.25, 0.3) is 0 Å². The minimum atomic E-state index is 0.341. The summed E-state index contributed by atoms with van der Waals surface area (Å²) in [6.45, 7) is 8.53. The van der Waals surface area contributed by atoms with Gasteiger partial charge in [0.05, 0.1) is 5.02 Å². The van der Waals surface area contributed by atoms with E-state index < -0.39 is 0 Å². The Morgan fingerprint density at radius 3 is 2.50 bits per heavy atom. The normalized spacial score (nSPS) is 11.9. The summed E-state index contributed by atoms with van der Waals surface area (Å²) < 4.78 is 2.16. The minimum absolute atomic E-state index is 0.341. The van der Waals surface area contributed by atoms with E-state index in [2.05, 4.69) is 42.2 Å². The van der Waals surface area contributed by atoms with Gasteiger partial charge in [0, 0.05) is 18.2 Å². The number of rotatable bonds is 2. The first kappa shape index (κ1) is 11.4. The molecule has 0 atom stereocenters. The molecule has 0 spiro atoms. The molecule has 3 nitrogen and oxygen atoms in total. The van der Waals surface area contributed by atoms with Gasteiger partial charge in [-0.25, -0.2) is 9.97 Å². The molecule has 0 aliphatic rings. The third-order valence-corrected chi connectivity index (χ3v) is 2.89. The number of nitrogens with zero attached hydrogens (tertiary/aromatic N) is 3. The molecule has 86 valence electrons. The Morgan fingerprint density at radius 2 is 1.94 bits per heavy atom. The Balaban J connectivity index is 2.81. The lowest BCUT2D eigenvalue weighted by atomic mass is 10.2. The molecule has 0 saturated carbocycles. The summed E-state index contributed by atoms with van der Waals surface area (Å²) in [4.78, 5) is 8.98. The smallest absolute Gasteiger partial charge is 0.161 e. The van der Waals surface area contributed by atoms with Crippen LogP contribution in [0.3, 0.4) is 0 Å². The third-order valence-electron chi connectivity index (χ3n) is 2.59. The Kier molecular flexibility index (Phi) is 2.89. The van der Waals surface area contributed by atoms with Gasteiger partial charge in [0.1, 0.15) is 11.3 Å². The number of aromatic nitrogens is 3. The van der Waals surface area contributed by atoms with E-state index in [1.165, 1.54) is 0 Å². The van der Waals surface area contributed by atoms with E-state index in [0.717, 1.165) is 17.0 Å². The second kappa shape index (κ2) is 4.06. The van der Waals surface area contributed by atoms with Crippen molar-refractivity contribution in [3.8, 4) is 0 Å².